The van der Waals surface area contributed by atoms with Crippen molar-refractivity contribution in [2.75, 3.05) is 32.1 Å². The molecule has 0 N–H and O–H groups in total. The highest BCUT2D eigenvalue weighted by molar-refractivity contribution is 6.26. The normalized spacial score (nSPS) is 10.5. The largest absolute Gasteiger partial charge is 0.465 e. The second-order valence-electron chi connectivity index (χ2n) is 2.73. The lowest BCUT2D eigenvalue weighted by Gasteiger charge is -2.17. The van der Waals surface area contributed by atoms with Gasteiger partial charge in [0.2, 0.25) is 0 Å². The predicted octanol–water partition coefficient (Wildman–Crippen LogP) is 1.50. The summed E-state index contributed by atoms with van der Waals surface area (Å²) in [6, 6.07) is 0. The van der Waals surface area contributed by atoms with Gasteiger partial charge in [0, 0.05) is 6.54 Å². The van der Waals surface area contributed by atoms with E-state index in [2.05, 4.69) is 18.7 Å². The monoisotopic (exact) mass is 207 g/mol. The fourth-order valence-corrected chi connectivity index (χ4v) is 1.13. The Hall–Kier alpha value is -0.280. The minimum Gasteiger partial charge on any atom is -0.465 e. The summed E-state index contributed by atoms with van der Waals surface area (Å²) >= 11 is 5.26. The molecule has 0 aromatic rings. The van der Waals surface area contributed by atoms with Gasteiger partial charge in [-0.05, 0) is 19.5 Å². The van der Waals surface area contributed by atoms with Crippen LogP contribution in [-0.4, -0.2) is 43.0 Å². The Morgan fingerprint density at radius 1 is 1.38 bits per heavy atom. The van der Waals surface area contributed by atoms with Gasteiger partial charge in [-0.2, -0.15) is 0 Å². The number of ether oxygens (including phenoxy) is 1. The fraction of sp³-hybridized carbons (Fsp3) is 0.889. The van der Waals surface area contributed by atoms with Crippen molar-refractivity contribution in [1.29, 1.82) is 0 Å². The molecule has 0 bridgehead atoms. The molecule has 0 saturated carbocycles. The van der Waals surface area contributed by atoms with Crippen LogP contribution < -0.4 is 0 Å². The van der Waals surface area contributed by atoms with Crippen molar-refractivity contribution in [3.05, 3.63) is 0 Å². The molecule has 0 aliphatic carbocycles. The van der Waals surface area contributed by atoms with Gasteiger partial charge < -0.3 is 9.64 Å². The average Bonchev–Trinajstić information content (AvgIpc) is 2.18. The standard InChI is InChI=1S/C9H18ClNO2/c1-3-11(4-2)6-5-7-13-9(12)8-10/h3-8H2,1-2H3. The number of alkyl halides is 1. The third kappa shape index (κ3) is 6.84. The minimum atomic E-state index is -0.332. The van der Waals surface area contributed by atoms with Gasteiger partial charge >= 0.3 is 5.97 Å². The first kappa shape index (κ1) is 12.7. The summed E-state index contributed by atoms with van der Waals surface area (Å²) in [5.41, 5.74) is 0. The van der Waals surface area contributed by atoms with E-state index in [0.717, 1.165) is 26.1 Å². The van der Waals surface area contributed by atoms with Gasteiger partial charge in [0.15, 0.2) is 0 Å². The van der Waals surface area contributed by atoms with Crippen molar-refractivity contribution in [2.24, 2.45) is 0 Å². The van der Waals surface area contributed by atoms with E-state index in [1.54, 1.807) is 0 Å². The van der Waals surface area contributed by atoms with Crippen LogP contribution in [0, 0.1) is 0 Å². The van der Waals surface area contributed by atoms with Crippen LogP contribution in [0.25, 0.3) is 0 Å². The topological polar surface area (TPSA) is 29.5 Å². The number of carbonyl (C=O) groups is 1. The van der Waals surface area contributed by atoms with Crippen LogP contribution in [0.4, 0.5) is 0 Å². The highest BCUT2D eigenvalue weighted by Crippen LogP contribution is 1.92. The smallest absolute Gasteiger partial charge is 0.320 e. The Kier molecular flexibility index (Phi) is 8.14. The third-order valence-corrected chi connectivity index (χ3v) is 2.10. The number of halogens is 1. The summed E-state index contributed by atoms with van der Waals surface area (Å²) in [6.07, 6.45) is 0.879. The van der Waals surface area contributed by atoms with Crippen molar-refractivity contribution in [2.45, 2.75) is 20.3 Å². The first-order valence-electron chi connectivity index (χ1n) is 4.68. The second kappa shape index (κ2) is 8.32. The molecule has 3 nitrogen and oxygen atoms in total. The van der Waals surface area contributed by atoms with Crippen LogP contribution in [0.3, 0.4) is 0 Å². The van der Waals surface area contributed by atoms with Crippen LogP contribution in [0.2, 0.25) is 0 Å². The van der Waals surface area contributed by atoms with Gasteiger partial charge in [0.1, 0.15) is 5.88 Å². The van der Waals surface area contributed by atoms with E-state index >= 15 is 0 Å². The minimum absolute atomic E-state index is 0.0503. The lowest BCUT2D eigenvalue weighted by molar-refractivity contribution is -0.140. The lowest BCUT2D eigenvalue weighted by atomic mass is 10.4. The van der Waals surface area contributed by atoms with Crippen molar-refractivity contribution in [1.82, 2.24) is 4.90 Å². The van der Waals surface area contributed by atoms with Crippen molar-refractivity contribution in [3.63, 3.8) is 0 Å². The highest BCUT2D eigenvalue weighted by atomic mass is 35.5. The van der Waals surface area contributed by atoms with Crippen LogP contribution in [0.5, 0.6) is 0 Å². The number of rotatable bonds is 7. The first-order chi connectivity index (χ1) is 6.24. The van der Waals surface area contributed by atoms with E-state index in [4.69, 9.17) is 16.3 Å². The van der Waals surface area contributed by atoms with E-state index in [1.807, 2.05) is 0 Å². The van der Waals surface area contributed by atoms with Gasteiger partial charge in [-0.15, -0.1) is 11.6 Å². The number of hydrogen-bond acceptors (Lipinski definition) is 3. The molecule has 13 heavy (non-hydrogen) atoms. The van der Waals surface area contributed by atoms with Gasteiger partial charge in [-0.3, -0.25) is 4.79 Å². The SMILES string of the molecule is CCN(CC)CCCOC(=O)CCl. The van der Waals surface area contributed by atoms with Crippen LogP contribution >= 0.6 is 11.6 Å². The van der Waals surface area contributed by atoms with Gasteiger partial charge in [0.05, 0.1) is 6.61 Å². The third-order valence-electron chi connectivity index (χ3n) is 1.89. The molecular formula is C9H18ClNO2. The molecule has 0 aliphatic heterocycles. The maximum Gasteiger partial charge on any atom is 0.320 e. The Bertz CT molecular complexity index is 138. The molecule has 0 spiro atoms. The zero-order valence-corrected chi connectivity index (χ0v) is 9.14. The Balaban J connectivity index is 3.28. The Morgan fingerprint density at radius 2 is 2.00 bits per heavy atom. The van der Waals surface area contributed by atoms with Gasteiger partial charge in [0.25, 0.3) is 0 Å². The average molecular weight is 208 g/mol. The molecule has 0 fully saturated rings. The number of hydrogen-bond donors (Lipinski definition) is 0. The molecule has 4 heteroatoms. The number of esters is 1. The molecule has 0 aliphatic rings. The van der Waals surface area contributed by atoms with Crippen LogP contribution in [0.1, 0.15) is 20.3 Å². The van der Waals surface area contributed by atoms with E-state index in [1.165, 1.54) is 0 Å². The molecule has 0 radical (unpaired) electrons. The van der Waals surface area contributed by atoms with Gasteiger partial charge in [-0.1, -0.05) is 13.8 Å². The second-order valence-corrected chi connectivity index (χ2v) is 3.00. The summed E-state index contributed by atoms with van der Waals surface area (Å²) in [4.78, 5) is 12.9. The van der Waals surface area contributed by atoms with Crippen molar-refractivity contribution < 1.29 is 9.53 Å². The maximum absolute atomic E-state index is 10.6. The molecule has 0 heterocycles. The molecule has 0 aromatic carbocycles. The Labute approximate surface area is 85.0 Å². The van der Waals surface area contributed by atoms with Crippen molar-refractivity contribution in [3.8, 4) is 0 Å². The van der Waals surface area contributed by atoms with E-state index in [0.29, 0.717) is 6.61 Å². The molecule has 0 rings (SSSR count). The van der Waals surface area contributed by atoms with Gasteiger partial charge in [-0.25, -0.2) is 0 Å². The summed E-state index contributed by atoms with van der Waals surface area (Å²) in [5, 5.41) is 0. The number of nitrogens with zero attached hydrogens (tertiary/aromatic N) is 1. The fourth-order valence-electron chi connectivity index (χ4n) is 1.05. The quantitative estimate of drug-likeness (QED) is 0.360. The van der Waals surface area contributed by atoms with E-state index in [-0.39, 0.29) is 11.8 Å². The summed E-state index contributed by atoms with van der Waals surface area (Å²) < 4.78 is 4.83. The summed E-state index contributed by atoms with van der Waals surface area (Å²) in [7, 11) is 0. The van der Waals surface area contributed by atoms with Crippen LogP contribution in [-0.2, 0) is 9.53 Å². The van der Waals surface area contributed by atoms with E-state index in [9.17, 15) is 4.79 Å². The molecule has 78 valence electrons. The predicted molar refractivity (Wildman–Crippen MR) is 54.1 cm³/mol. The lowest BCUT2D eigenvalue weighted by Crippen LogP contribution is -2.25. The molecular weight excluding hydrogens is 190 g/mol. The summed E-state index contributed by atoms with van der Waals surface area (Å²) in [5.74, 6) is -0.383. The van der Waals surface area contributed by atoms with Crippen LogP contribution in [0.15, 0.2) is 0 Å². The molecule has 0 unspecified atom stereocenters. The Morgan fingerprint density at radius 3 is 2.46 bits per heavy atom. The molecule has 0 atom stereocenters. The summed E-state index contributed by atoms with van der Waals surface area (Å²) in [6.45, 7) is 7.77. The van der Waals surface area contributed by atoms with Crippen molar-refractivity contribution >= 4 is 17.6 Å². The highest BCUT2D eigenvalue weighted by Gasteiger charge is 2.01. The van der Waals surface area contributed by atoms with E-state index < -0.39 is 0 Å². The molecule has 0 amide bonds. The molecule has 0 saturated heterocycles. The first-order valence-corrected chi connectivity index (χ1v) is 5.22. The zero-order valence-electron chi connectivity index (χ0n) is 8.38. The zero-order chi connectivity index (χ0) is 10.1. The molecule has 0 aromatic heterocycles. The maximum atomic E-state index is 10.6. The number of carbonyl (C=O) groups excluding carboxylic acids is 1.